The zero-order valence-electron chi connectivity index (χ0n) is 9.81. The maximum Gasteiger partial charge on any atom is 0.183 e. The minimum Gasteiger partial charge on any atom is -0.388 e. The van der Waals surface area contributed by atoms with Gasteiger partial charge >= 0.3 is 0 Å². The average Bonchev–Trinajstić information content (AvgIpc) is 2.32. The molecule has 1 aliphatic heterocycles. The molecule has 1 heterocycles. The van der Waals surface area contributed by atoms with E-state index in [0.717, 1.165) is 5.06 Å². The normalized spacial score (nSPS) is 38.6. The summed E-state index contributed by atoms with van der Waals surface area (Å²) >= 11 is 0. The molecule has 0 spiro atoms. The third kappa shape index (κ3) is 3.85. The quantitative estimate of drug-likeness (QED) is 0.369. The lowest BCUT2D eigenvalue weighted by Crippen LogP contribution is -2.57. The minimum atomic E-state index is -1.49. The van der Waals surface area contributed by atoms with Crippen LogP contribution in [-0.4, -0.2) is 74.5 Å². The molecule has 0 amide bonds. The predicted molar refractivity (Wildman–Crippen MR) is 57.2 cm³/mol. The van der Waals surface area contributed by atoms with Crippen LogP contribution in [0.15, 0.2) is 0 Å². The van der Waals surface area contributed by atoms with E-state index in [0.29, 0.717) is 25.9 Å². The number of rotatable bonds is 5. The van der Waals surface area contributed by atoms with E-state index in [9.17, 15) is 25.6 Å². The van der Waals surface area contributed by atoms with Crippen LogP contribution in [0.4, 0.5) is 0 Å². The average molecular weight is 251 g/mol. The van der Waals surface area contributed by atoms with Gasteiger partial charge in [-0.25, -0.2) is 0 Å². The lowest BCUT2D eigenvalue weighted by atomic mass is 9.96. The molecule has 5 N–H and O–H groups in total. The highest BCUT2D eigenvalue weighted by atomic mass is 16.6. The Balaban J connectivity index is 2.37. The van der Waals surface area contributed by atoms with E-state index in [1.165, 1.54) is 0 Å². The molecule has 102 valence electrons. The maximum atomic E-state index is 9.63. The van der Waals surface area contributed by atoms with Gasteiger partial charge in [0.2, 0.25) is 0 Å². The van der Waals surface area contributed by atoms with Crippen LogP contribution in [0.3, 0.4) is 0 Å². The second-order valence-corrected chi connectivity index (χ2v) is 4.23. The predicted octanol–water partition coefficient (Wildman–Crippen LogP) is -1.72. The first kappa shape index (κ1) is 14.8. The zero-order chi connectivity index (χ0) is 13.0. The number of hydrogen-bond donors (Lipinski definition) is 5. The molecule has 0 saturated carbocycles. The molecule has 0 aromatic carbocycles. The van der Waals surface area contributed by atoms with Crippen LogP contribution in [0, 0.1) is 0 Å². The van der Waals surface area contributed by atoms with E-state index in [1.54, 1.807) is 6.92 Å². The van der Waals surface area contributed by atoms with Crippen molar-refractivity contribution in [2.75, 3.05) is 13.1 Å². The van der Waals surface area contributed by atoms with Crippen molar-refractivity contribution >= 4 is 0 Å². The lowest BCUT2D eigenvalue weighted by molar-refractivity contribution is -0.283. The van der Waals surface area contributed by atoms with E-state index in [2.05, 4.69) is 0 Å². The number of ether oxygens (including phenoxy) is 1. The van der Waals surface area contributed by atoms with Gasteiger partial charge in [-0.3, -0.25) is 0 Å². The Morgan fingerprint density at radius 1 is 1.06 bits per heavy atom. The summed E-state index contributed by atoms with van der Waals surface area (Å²) in [5, 5.41) is 47.9. The van der Waals surface area contributed by atoms with E-state index in [-0.39, 0.29) is 0 Å². The van der Waals surface area contributed by atoms with Gasteiger partial charge in [0.05, 0.1) is 6.10 Å². The highest BCUT2D eigenvalue weighted by Gasteiger charge is 2.42. The van der Waals surface area contributed by atoms with Gasteiger partial charge in [-0.15, -0.1) is 0 Å². The molecule has 1 aliphatic rings. The Kier molecular flexibility index (Phi) is 5.74. The zero-order valence-corrected chi connectivity index (χ0v) is 9.81. The van der Waals surface area contributed by atoms with Gasteiger partial charge in [0, 0.05) is 13.1 Å². The number of nitrogens with zero attached hydrogens (tertiary/aromatic N) is 1. The maximum absolute atomic E-state index is 9.63. The van der Waals surface area contributed by atoms with Crippen LogP contribution in [0.5, 0.6) is 0 Å². The molecule has 0 aliphatic carbocycles. The highest BCUT2D eigenvalue weighted by molar-refractivity contribution is 4.88. The Morgan fingerprint density at radius 2 is 1.71 bits per heavy atom. The van der Waals surface area contributed by atoms with E-state index >= 15 is 0 Å². The van der Waals surface area contributed by atoms with Crippen molar-refractivity contribution in [1.82, 2.24) is 5.06 Å². The summed E-state index contributed by atoms with van der Waals surface area (Å²) in [7, 11) is 0. The van der Waals surface area contributed by atoms with Crippen molar-refractivity contribution in [3.8, 4) is 0 Å². The smallest absolute Gasteiger partial charge is 0.183 e. The lowest BCUT2D eigenvalue weighted by Gasteiger charge is -2.38. The summed E-state index contributed by atoms with van der Waals surface area (Å²) in [5.74, 6) is 0. The number of aliphatic hydroxyl groups excluding tert-OH is 4. The van der Waals surface area contributed by atoms with E-state index in [4.69, 9.17) is 4.74 Å². The van der Waals surface area contributed by atoms with Crippen molar-refractivity contribution in [3.05, 3.63) is 0 Å². The monoisotopic (exact) mass is 251 g/mol. The summed E-state index contributed by atoms with van der Waals surface area (Å²) in [4.78, 5) is 0. The van der Waals surface area contributed by atoms with Gasteiger partial charge in [-0.05, 0) is 12.8 Å². The first-order chi connectivity index (χ1) is 7.97. The molecule has 0 bridgehead atoms. The molecular formula is C10H21NO6. The molecule has 17 heavy (non-hydrogen) atoms. The molecule has 1 rings (SSSR count). The molecule has 1 fully saturated rings. The number of hydrogen-bond acceptors (Lipinski definition) is 7. The van der Waals surface area contributed by atoms with Crippen LogP contribution in [0.1, 0.15) is 19.8 Å². The van der Waals surface area contributed by atoms with Gasteiger partial charge in [-0.1, -0.05) is 6.92 Å². The summed E-state index contributed by atoms with van der Waals surface area (Å²) in [6, 6.07) is 0. The summed E-state index contributed by atoms with van der Waals surface area (Å²) in [5.41, 5.74) is 0. The van der Waals surface area contributed by atoms with E-state index in [1.807, 2.05) is 0 Å². The Morgan fingerprint density at radius 3 is 2.29 bits per heavy atom. The first-order valence-corrected chi connectivity index (χ1v) is 5.79. The second kappa shape index (κ2) is 6.60. The molecule has 1 saturated heterocycles. The largest absolute Gasteiger partial charge is 0.388 e. The molecule has 1 unspecified atom stereocenters. The SMILES string of the molecule is CCN(O)CCC[C@H]1OC(O)[C@H](O)[C@@H](O)[C@@H]1O. The fraction of sp³-hybridized carbons (Fsp3) is 1.00. The third-order valence-electron chi connectivity index (χ3n) is 2.96. The van der Waals surface area contributed by atoms with Crippen molar-refractivity contribution < 1.29 is 30.4 Å². The highest BCUT2D eigenvalue weighted by Crippen LogP contribution is 2.22. The summed E-state index contributed by atoms with van der Waals surface area (Å²) < 4.78 is 4.99. The summed E-state index contributed by atoms with van der Waals surface area (Å²) in [6.07, 6.45) is -5.46. The van der Waals surface area contributed by atoms with Crippen molar-refractivity contribution in [2.45, 2.75) is 50.5 Å². The van der Waals surface area contributed by atoms with Crippen LogP contribution < -0.4 is 0 Å². The topological polar surface area (TPSA) is 114 Å². The van der Waals surface area contributed by atoms with Crippen molar-refractivity contribution in [3.63, 3.8) is 0 Å². The first-order valence-electron chi connectivity index (χ1n) is 5.79. The van der Waals surface area contributed by atoms with E-state index < -0.39 is 30.7 Å². The van der Waals surface area contributed by atoms with Crippen LogP contribution in [0.2, 0.25) is 0 Å². The van der Waals surface area contributed by atoms with Crippen molar-refractivity contribution in [2.24, 2.45) is 0 Å². The van der Waals surface area contributed by atoms with Crippen LogP contribution in [0.25, 0.3) is 0 Å². The third-order valence-corrected chi connectivity index (χ3v) is 2.96. The fourth-order valence-corrected chi connectivity index (χ4v) is 1.80. The Hall–Kier alpha value is -0.280. The van der Waals surface area contributed by atoms with Gasteiger partial charge in [0.15, 0.2) is 6.29 Å². The number of hydroxylamine groups is 2. The number of aliphatic hydroxyl groups is 4. The van der Waals surface area contributed by atoms with Gasteiger partial charge in [0.25, 0.3) is 0 Å². The molecule has 7 heteroatoms. The second-order valence-electron chi connectivity index (χ2n) is 4.23. The Bertz CT molecular complexity index is 229. The van der Waals surface area contributed by atoms with Gasteiger partial charge in [0.1, 0.15) is 18.3 Å². The molecule has 0 aromatic heterocycles. The van der Waals surface area contributed by atoms with Gasteiger partial charge < -0.3 is 30.4 Å². The summed E-state index contributed by atoms with van der Waals surface area (Å²) in [6.45, 7) is 2.71. The molecule has 0 radical (unpaired) electrons. The van der Waals surface area contributed by atoms with Crippen molar-refractivity contribution in [1.29, 1.82) is 0 Å². The van der Waals surface area contributed by atoms with Crippen LogP contribution >= 0.6 is 0 Å². The van der Waals surface area contributed by atoms with Crippen LogP contribution in [-0.2, 0) is 4.74 Å². The van der Waals surface area contributed by atoms with Gasteiger partial charge in [-0.2, -0.15) is 5.06 Å². The molecule has 7 nitrogen and oxygen atoms in total. The molecule has 0 aromatic rings. The fourth-order valence-electron chi connectivity index (χ4n) is 1.80. The molecular weight excluding hydrogens is 230 g/mol. The molecule has 5 atom stereocenters. The Labute approximate surface area is 99.8 Å². The standard InChI is InChI=1S/C10H21NO6/c1-2-11(16)5-3-4-6-7(12)8(13)9(14)10(15)17-6/h6-10,12-16H,2-5H2,1H3/t6-,7-,8+,9-,10?/m1/s1. The minimum absolute atomic E-state index is 0.374.